The topological polar surface area (TPSA) is 98.3 Å². The molecule has 0 bridgehead atoms. The van der Waals surface area contributed by atoms with Gasteiger partial charge in [0.2, 0.25) is 5.91 Å². The quantitative estimate of drug-likeness (QED) is 0.631. The van der Waals surface area contributed by atoms with E-state index in [0.717, 1.165) is 0 Å². The second-order valence-corrected chi connectivity index (χ2v) is 4.48. The first-order valence-electron chi connectivity index (χ1n) is 5.63. The molecule has 1 aromatic carbocycles. The van der Waals surface area contributed by atoms with Crippen molar-refractivity contribution < 1.29 is 9.72 Å². The van der Waals surface area contributed by atoms with Gasteiger partial charge in [-0.25, -0.2) is 0 Å². The van der Waals surface area contributed by atoms with Crippen molar-refractivity contribution in [2.45, 2.75) is 32.7 Å². The van der Waals surface area contributed by atoms with Crippen LogP contribution in [-0.2, 0) is 4.79 Å². The summed E-state index contributed by atoms with van der Waals surface area (Å²) in [5.74, 6) is -0.307. The highest BCUT2D eigenvalue weighted by Gasteiger charge is 2.26. The average Bonchev–Trinajstić information content (AvgIpc) is 2.28. The van der Waals surface area contributed by atoms with Crippen molar-refractivity contribution >= 4 is 17.3 Å². The zero-order valence-electron chi connectivity index (χ0n) is 10.7. The van der Waals surface area contributed by atoms with E-state index in [2.05, 4.69) is 5.32 Å². The summed E-state index contributed by atoms with van der Waals surface area (Å²) < 4.78 is 0. The van der Waals surface area contributed by atoms with Gasteiger partial charge in [0.15, 0.2) is 0 Å². The van der Waals surface area contributed by atoms with E-state index >= 15 is 0 Å². The van der Waals surface area contributed by atoms with E-state index in [1.165, 1.54) is 12.1 Å². The molecule has 0 aromatic heterocycles. The van der Waals surface area contributed by atoms with Gasteiger partial charge in [-0.05, 0) is 32.4 Å². The Bertz CT molecular complexity index is 483. The number of nitrogens with one attached hydrogen (secondary N) is 1. The van der Waals surface area contributed by atoms with Gasteiger partial charge in [-0.15, -0.1) is 0 Å². The zero-order valence-corrected chi connectivity index (χ0v) is 10.7. The first-order valence-corrected chi connectivity index (χ1v) is 5.63. The van der Waals surface area contributed by atoms with Gasteiger partial charge in [-0.2, -0.15) is 0 Å². The van der Waals surface area contributed by atoms with Crippen LogP contribution in [-0.4, -0.2) is 16.4 Å². The van der Waals surface area contributed by atoms with E-state index in [0.29, 0.717) is 17.7 Å². The summed E-state index contributed by atoms with van der Waals surface area (Å²) in [6.07, 6.45) is 0.505. The highest BCUT2D eigenvalue weighted by molar-refractivity contribution is 5.97. The third kappa shape index (κ3) is 3.04. The summed E-state index contributed by atoms with van der Waals surface area (Å²) in [5, 5.41) is 13.3. The number of hydrogen-bond donors (Lipinski definition) is 2. The molecule has 1 atom stereocenters. The second kappa shape index (κ2) is 5.14. The summed E-state index contributed by atoms with van der Waals surface area (Å²) in [6.45, 7) is 5.08. The molecule has 0 aliphatic heterocycles. The van der Waals surface area contributed by atoms with Gasteiger partial charge in [0.05, 0.1) is 10.5 Å². The molecule has 1 rings (SSSR count). The minimum absolute atomic E-state index is 0.0269. The number of nitro groups is 1. The lowest BCUT2D eigenvalue weighted by Gasteiger charge is -2.21. The van der Waals surface area contributed by atoms with Crippen molar-refractivity contribution in [3.05, 3.63) is 33.9 Å². The van der Waals surface area contributed by atoms with Crippen LogP contribution in [0.15, 0.2) is 18.2 Å². The molecule has 98 valence electrons. The first kappa shape index (κ1) is 14.1. The van der Waals surface area contributed by atoms with Gasteiger partial charge in [-0.3, -0.25) is 14.9 Å². The molecule has 1 aromatic rings. The maximum Gasteiger partial charge on any atom is 0.272 e. The predicted molar refractivity (Wildman–Crippen MR) is 69.3 cm³/mol. The molecule has 18 heavy (non-hydrogen) atoms. The fraction of sp³-hybridized carbons (Fsp3) is 0.417. The minimum atomic E-state index is -0.949. The smallest absolute Gasteiger partial charge is 0.272 e. The van der Waals surface area contributed by atoms with Gasteiger partial charge in [0, 0.05) is 17.3 Å². The average molecular weight is 251 g/mol. The molecular formula is C12H17N3O3. The highest BCUT2D eigenvalue weighted by atomic mass is 16.6. The molecule has 1 amide bonds. The number of nitrogens with two attached hydrogens (primary N) is 1. The van der Waals surface area contributed by atoms with Crippen molar-refractivity contribution in [3.8, 4) is 0 Å². The minimum Gasteiger partial charge on any atom is -0.324 e. The zero-order chi connectivity index (χ0) is 13.9. The number of nitro benzene ring substituents is 1. The monoisotopic (exact) mass is 251 g/mol. The van der Waals surface area contributed by atoms with Gasteiger partial charge < -0.3 is 11.1 Å². The Kier molecular flexibility index (Phi) is 4.03. The number of carbonyl (C=O) groups excluding carboxylic acids is 1. The molecular weight excluding hydrogens is 234 g/mol. The molecule has 6 heteroatoms. The number of aryl methyl sites for hydroxylation is 1. The van der Waals surface area contributed by atoms with E-state index < -0.39 is 10.5 Å². The van der Waals surface area contributed by atoms with Crippen molar-refractivity contribution in [2.75, 3.05) is 5.32 Å². The number of amides is 1. The summed E-state index contributed by atoms with van der Waals surface area (Å²) in [4.78, 5) is 22.0. The van der Waals surface area contributed by atoms with Crippen molar-refractivity contribution in [2.24, 2.45) is 5.73 Å². The number of benzene rings is 1. The molecule has 0 spiro atoms. The highest BCUT2D eigenvalue weighted by Crippen LogP contribution is 2.22. The van der Waals surface area contributed by atoms with Crippen LogP contribution in [0.25, 0.3) is 0 Å². The normalized spacial score (nSPS) is 13.8. The van der Waals surface area contributed by atoms with E-state index in [-0.39, 0.29) is 11.6 Å². The van der Waals surface area contributed by atoms with E-state index in [1.807, 2.05) is 6.92 Å². The molecule has 6 nitrogen and oxygen atoms in total. The van der Waals surface area contributed by atoms with Crippen LogP contribution in [0.2, 0.25) is 0 Å². The number of nitrogens with zero attached hydrogens (tertiary/aromatic N) is 1. The molecule has 1 unspecified atom stereocenters. The molecule has 0 saturated heterocycles. The maximum absolute atomic E-state index is 11.8. The number of anilines is 1. The van der Waals surface area contributed by atoms with E-state index in [9.17, 15) is 14.9 Å². The van der Waals surface area contributed by atoms with E-state index in [4.69, 9.17) is 5.73 Å². The maximum atomic E-state index is 11.8. The Morgan fingerprint density at radius 3 is 2.61 bits per heavy atom. The van der Waals surface area contributed by atoms with Gasteiger partial charge in [-0.1, -0.05) is 6.92 Å². The summed E-state index contributed by atoms with van der Waals surface area (Å²) in [5.41, 5.74) is 5.88. The summed E-state index contributed by atoms with van der Waals surface area (Å²) >= 11 is 0. The lowest BCUT2D eigenvalue weighted by atomic mass is 9.99. The van der Waals surface area contributed by atoms with E-state index in [1.54, 1.807) is 19.9 Å². The number of hydrogen-bond acceptors (Lipinski definition) is 4. The van der Waals surface area contributed by atoms with Crippen LogP contribution in [0, 0.1) is 17.0 Å². The Morgan fingerprint density at radius 1 is 1.56 bits per heavy atom. The second-order valence-electron chi connectivity index (χ2n) is 4.48. The van der Waals surface area contributed by atoms with Crippen molar-refractivity contribution in [1.82, 2.24) is 0 Å². The Labute approximate surface area is 105 Å². The summed E-state index contributed by atoms with van der Waals surface area (Å²) in [6, 6.07) is 4.42. The Balaban J connectivity index is 2.91. The lowest BCUT2D eigenvalue weighted by molar-refractivity contribution is -0.385. The lowest BCUT2D eigenvalue weighted by Crippen LogP contribution is -2.47. The molecule has 0 radical (unpaired) electrons. The van der Waals surface area contributed by atoms with Crippen LogP contribution in [0.3, 0.4) is 0 Å². The summed E-state index contributed by atoms with van der Waals surface area (Å²) in [7, 11) is 0. The van der Waals surface area contributed by atoms with Crippen LogP contribution in [0.1, 0.15) is 25.8 Å². The van der Waals surface area contributed by atoms with Crippen LogP contribution in [0.4, 0.5) is 11.4 Å². The Morgan fingerprint density at radius 2 is 2.17 bits per heavy atom. The SMILES string of the molecule is CCC(C)(N)C(=O)Nc1ccc([N+](=O)[O-])c(C)c1. The molecule has 0 heterocycles. The van der Waals surface area contributed by atoms with Crippen molar-refractivity contribution in [1.29, 1.82) is 0 Å². The van der Waals surface area contributed by atoms with Crippen LogP contribution in [0.5, 0.6) is 0 Å². The van der Waals surface area contributed by atoms with Crippen molar-refractivity contribution in [3.63, 3.8) is 0 Å². The molecule has 0 fully saturated rings. The number of rotatable bonds is 4. The molecule has 0 saturated carbocycles. The Hall–Kier alpha value is -1.95. The molecule has 0 aliphatic rings. The third-order valence-electron chi connectivity index (χ3n) is 2.90. The largest absolute Gasteiger partial charge is 0.324 e. The third-order valence-corrected chi connectivity index (χ3v) is 2.90. The standard InChI is InChI=1S/C12H17N3O3/c1-4-12(3,13)11(16)14-9-5-6-10(15(17)18)8(2)7-9/h5-7H,4,13H2,1-3H3,(H,14,16). The van der Waals surface area contributed by atoms with Crippen LogP contribution < -0.4 is 11.1 Å². The molecule has 0 aliphatic carbocycles. The predicted octanol–water partition coefficient (Wildman–Crippen LogP) is 1.97. The number of carbonyl (C=O) groups is 1. The fourth-order valence-corrected chi connectivity index (χ4v) is 1.37. The van der Waals surface area contributed by atoms with Gasteiger partial charge in [0.25, 0.3) is 5.69 Å². The molecule has 3 N–H and O–H groups in total. The van der Waals surface area contributed by atoms with Gasteiger partial charge in [0.1, 0.15) is 0 Å². The van der Waals surface area contributed by atoms with Gasteiger partial charge >= 0.3 is 0 Å². The fourth-order valence-electron chi connectivity index (χ4n) is 1.37. The van der Waals surface area contributed by atoms with Crippen LogP contribution >= 0.6 is 0 Å². The first-order chi connectivity index (χ1) is 8.27.